The second kappa shape index (κ2) is 8.07. The number of hydrogen-bond acceptors (Lipinski definition) is 4. The highest BCUT2D eigenvalue weighted by molar-refractivity contribution is 5.85. The van der Waals surface area contributed by atoms with E-state index in [2.05, 4.69) is 9.88 Å². The fraction of sp³-hybridized carbons (Fsp3) is 0.571. The number of hydrogen-bond donors (Lipinski definition) is 2. The first-order valence-electron chi connectivity index (χ1n) is 6.84. The van der Waals surface area contributed by atoms with Crippen LogP contribution >= 0.6 is 12.4 Å². The summed E-state index contributed by atoms with van der Waals surface area (Å²) in [6.07, 6.45) is 5.60. The van der Waals surface area contributed by atoms with Crippen LogP contribution in [0.3, 0.4) is 0 Å². The smallest absolute Gasteiger partial charge is 0.217 e. The zero-order valence-corrected chi connectivity index (χ0v) is 12.4. The van der Waals surface area contributed by atoms with Gasteiger partial charge in [-0.25, -0.2) is 4.98 Å². The van der Waals surface area contributed by atoms with E-state index in [1.165, 1.54) is 5.56 Å². The highest BCUT2D eigenvalue weighted by atomic mass is 35.5. The van der Waals surface area contributed by atoms with E-state index < -0.39 is 0 Å². The first kappa shape index (κ1) is 16.7. The van der Waals surface area contributed by atoms with Crippen LogP contribution in [0.1, 0.15) is 31.2 Å². The molecule has 0 saturated carbocycles. The van der Waals surface area contributed by atoms with Gasteiger partial charge in [-0.05, 0) is 49.9 Å². The lowest BCUT2D eigenvalue weighted by atomic mass is 9.92. The molecule has 0 spiro atoms. The first-order chi connectivity index (χ1) is 9.13. The highest BCUT2D eigenvalue weighted by Crippen LogP contribution is 2.22. The van der Waals surface area contributed by atoms with Crippen molar-refractivity contribution in [1.82, 2.24) is 9.88 Å². The molecule has 112 valence electrons. The number of anilines is 1. The number of nitrogens with two attached hydrogens (primary N) is 2. The zero-order chi connectivity index (χ0) is 13.7. The molecule has 1 aromatic heterocycles. The summed E-state index contributed by atoms with van der Waals surface area (Å²) in [5, 5.41) is 0. The summed E-state index contributed by atoms with van der Waals surface area (Å²) in [5.74, 6) is 1.03. The number of carbonyl (C=O) groups is 1. The number of amides is 1. The van der Waals surface area contributed by atoms with E-state index in [1.807, 2.05) is 18.3 Å². The first-order valence-corrected chi connectivity index (χ1v) is 6.84. The second-order valence-corrected chi connectivity index (χ2v) is 5.32. The van der Waals surface area contributed by atoms with E-state index in [9.17, 15) is 4.79 Å². The Hall–Kier alpha value is -1.33. The van der Waals surface area contributed by atoms with Gasteiger partial charge in [-0.3, -0.25) is 9.69 Å². The molecule has 0 radical (unpaired) electrons. The molecule has 0 aliphatic carbocycles. The highest BCUT2D eigenvalue weighted by Gasteiger charge is 2.19. The lowest BCUT2D eigenvalue weighted by Crippen LogP contribution is -2.33. The van der Waals surface area contributed by atoms with Gasteiger partial charge in [0.05, 0.1) is 0 Å². The molecule has 0 atom stereocenters. The lowest BCUT2D eigenvalue weighted by molar-refractivity contribution is -0.118. The average molecular weight is 299 g/mol. The van der Waals surface area contributed by atoms with Crippen molar-refractivity contribution in [2.24, 2.45) is 11.7 Å². The number of piperidine rings is 1. The van der Waals surface area contributed by atoms with Crippen LogP contribution in [-0.2, 0) is 11.3 Å². The standard InChI is InChI=1S/C14H22N4O.ClH/c15-13-3-1-12(9-17-13)10-18-7-5-11(6-8-18)2-4-14(16)19;/h1,3,9,11H,2,4-8,10H2,(H2,15,17)(H2,16,19);1H. The van der Waals surface area contributed by atoms with Crippen LogP contribution in [0, 0.1) is 5.92 Å². The van der Waals surface area contributed by atoms with Gasteiger partial charge in [-0.1, -0.05) is 6.07 Å². The van der Waals surface area contributed by atoms with E-state index in [0.717, 1.165) is 38.9 Å². The molecule has 1 amide bonds. The SMILES string of the molecule is Cl.NC(=O)CCC1CCN(Cc2ccc(N)nc2)CC1. The molecule has 0 aromatic carbocycles. The second-order valence-electron chi connectivity index (χ2n) is 5.32. The van der Waals surface area contributed by atoms with Crippen LogP contribution in [0.5, 0.6) is 0 Å². The Morgan fingerprint density at radius 1 is 1.35 bits per heavy atom. The number of likely N-dealkylation sites (tertiary alicyclic amines) is 1. The molecule has 1 fully saturated rings. The Kier molecular flexibility index (Phi) is 6.75. The molecule has 0 bridgehead atoms. The minimum absolute atomic E-state index is 0. The maximum atomic E-state index is 10.8. The Balaban J connectivity index is 0.00000200. The van der Waals surface area contributed by atoms with Crippen LogP contribution in [-0.4, -0.2) is 28.9 Å². The minimum Gasteiger partial charge on any atom is -0.384 e. The summed E-state index contributed by atoms with van der Waals surface area (Å²) in [6.45, 7) is 3.08. The number of rotatable bonds is 5. The third-order valence-electron chi connectivity index (χ3n) is 3.76. The molecule has 1 aromatic rings. The predicted octanol–water partition coefficient (Wildman–Crippen LogP) is 1.56. The Labute approximate surface area is 126 Å². The van der Waals surface area contributed by atoms with Gasteiger partial charge in [0, 0.05) is 19.2 Å². The largest absolute Gasteiger partial charge is 0.384 e. The Morgan fingerprint density at radius 2 is 2.05 bits per heavy atom. The predicted molar refractivity (Wildman–Crippen MR) is 82.3 cm³/mol. The molecular formula is C14H23ClN4O. The lowest BCUT2D eigenvalue weighted by Gasteiger charge is -2.31. The van der Waals surface area contributed by atoms with Crippen LogP contribution in [0.4, 0.5) is 5.82 Å². The average Bonchev–Trinajstić information content (AvgIpc) is 2.40. The minimum atomic E-state index is -0.185. The fourth-order valence-electron chi connectivity index (χ4n) is 2.57. The molecular weight excluding hydrogens is 276 g/mol. The molecule has 2 heterocycles. The van der Waals surface area contributed by atoms with Gasteiger partial charge in [-0.15, -0.1) is 12.4 Å². The molecule has 2 rings (SSSR count). The Morgan fingerprint density at radius 3 is 2.60 bits per heavy atom. The molecule has 1 aliphatic heterocycles. The normalized spacial score (nSPS) is 16.6. The molecule has 5 nitrogen and oxygen atoms in total. The fourth-order valence-corrected chi connectivity index (χ4v) is 2.57. The van der Waals surface area contributed by atoms with Crippen molar-refractivity contribution in [3.05, 3.63) is 23.9 Å². The summed E-state index contributed by atoms with van der Waals surface area (Å²) in [6, 6.07) is 3.87. The molecule has 20 heavy (non-hydrogen) atoms. The number of nitrogen functional groups attached to an aromatic ring is 1. The van der Waals surface area contributed by atoms with Gasteiger partial charge in [-0.2, -0.15) is 0 Å². The summed E-state index contributed by atoms with van der Waals surface area (Å²) in [4.78, 5) is 17.3. The number of primary amides is 1. The zero-order valence-electron chi connectivity index (χ0n) is 11.6. The van der Waals surface area contributed by atoms with Gasteiger partial charge >= 0.3 is 0 Å². The van der Waals surface area contributed by atoms with Crippen molar-refractivity contribution < 1.29 is 4.79 Å². The summed E-state index contributed by atoms with van der Waals surface area (Å²) in [7, 11) is 0. The van der Waals surface area contributed by atoms with E-state index >= 15 is 0 Å². The van der Waals surface area contributed by atoms with Gasteiger partial charge < -0.3 is 11.5 Å². The van der Waals surface area contributed by atoms with Crippen LogP contribution < -0.4 is 11.5 Å². The van der Waals surface area contributed by atoms with Crippen LogP contribution in [0.15, 0.2) is 18.3 Å². The van der Waals surface area contributed by atoms with E-state index in [0.29, 0.717) is 18.2 Å². The molecule has 6 heteroatoms. The number of halogens is 1. The summed E-state index contributed by atoms with van der Waals surface area (Å²) < 4.78 is 0. The number of carbonyl (C=O) groups excluding carboxylic acids is 1. The third kappa shape index (κ3) is 5.35. The monoisotopic (exact) mass is 298 g/mol. The third-order valence-corrected chi connectivity index (χ3v) is 3.76. The maximum Gasteiger partial charge on any atom is 0.217 e. The van der Waals surface area contributed by atoms with Crippen molar-refractivity contribution in [3.63, 3.8) is 0 Å². The van der Waals surface area contributed by atoms with Crippen molar-refractivity contribution in [2.75, 3.05) is 18.8 Å². The van der Waals surface area contributed by atoms with E-state index in [4.69, 9.17) is 11.5 Å². The molecule has 4 N–H and O–H groups in total. The summed E-state index contributed by atoms with van der Waals surface area (Å²) in [5.41, 5.74) is 12.0. The van der Waals surface area contributed by atoms with Gasteiger partial charge in [0.1, 0.15) is 5.82 Å². The van der Waals surface area contributed by atoms with Crippen LogP contribution in [0.2, 0.25) is 0 Å². The number of pyridine rings is 1. The molecule has 0 unspecified atom stereocenters. The van der Waals surface area contributed by atoms with Crippen molar-refractivity contribution in [3.8, 4) is 0 Å². The quantitative estimate of drug-likeness (QED) is 0.864. The number of aromatic nitrogens is 1. The van der Waals surface area contributed by atoms with Gasteiger partial charge in [0.25, 0.3) is 0 Å². The van der Waals surface area contributed by atoms with Crippen molar-refractivity contribution >= 4 is 24.1 Å². The Bertz CT molecular complexity index is 416. The topological polar surface area (TPSA) is 85.2 Å². The van der Waals surface area contributed by atoms with Crippen molar-refractivity contribution in [1.29, 1.82) is 0 Å². The number of nitrogens with zero attached hydrogens (tertiary/aromatic N) is 2. The molecule has 1 saturated heterocycles. The summed E-state index contributed by atoms with van der Waals surface area (Å²) >= 11 is 0. The maximum absolute atomic E-state index is 10.8. The van der Waals surface area contributed by atoms with E-state index in [1.54, 1.807) is 0 Å². The van der Waals surface area contributed by atoms with E-state index in [-0.39, 0.29) is 18.3 Å². The van der Waals surface area contributed by atoms with Crippen molar-refractivity contribution in [2.45, 2.75) is 32.2 Å². The van der Waals surface area contributed by atoms with Gasteiger partial charge in [0.15, 0.2) is 0 Å². The molecule has 1 aliphatic rings. The van der Waals surface area contributed by atoms with Gasteiger partial charge in [0.2, 0.25) is 5.91 Å². The van der Waals surface area contributed by atoms with Crippen LogP contribution in [0.25, 0.3) is 0 Å².